The van der Waals surface area contributed by atoms with Crippen molar-refractivity contribution in [1.82, 2.24) is 0 Å². The number of carboxylic acids is 1. The molecule has 0 spiro atoms. The third-order valence-corrected chi connectivity index (χ3v) is 4.47. The zero-order valence-electron chi connectivity index (χ0n) is 9.49. The molecule has 4 heteroatoms. The first kappa shape index (κ1) is 12.8. The summed E-state index contributed by atoms with van der Waals surface area (Å²) in [6.45, 7) is 2.97. The second kappa shape index (κ2) is 5.75. The summed E-state index contributed by atoms with van der Waals surface area (Å²) in [6.07, 6.45) is 3.56. The molecule has 0 aromatic carbocycles. The molecule has 15 heavy (non-hydrogen) atoms. The Morgan fingerprint density at radius 2 is 2.27 bits per heavy atom. The second-order valence-corrected chi connectivity index (χ2v) is 5.90. The first-order chi connectivity index (χ1) is 7.08. The number of aliphatic carboxylic acids is 1. The molecule has 0 aromatic rings. The lowest BCUT2D eigenvalue weighted by molar-refractivity contribution is -0.138. The summed E-state index contributed by atoms with van der Waals surface area (Å²) in [5.74, 6) is 0.335. The Kier molecular flexibility index (Phi) is 4.93. The number of hydrogen-bond donors (Lipinski definition) is 1. The maximum Gasteiger partial charge on any atom is 0.303 e. The van der Waals surface area contributed by atoms with Crippen LogP contribution in [0.1, 0.15) is 32.6 Å². The summed E-state index contributed by atoms with van der Waals surface area (Å²) in [7, 11) is 1.71. The van der Waals surface area contributed by atoms with Gasteiger partial charge in [-0.05, 0) is 30.4 Å². The Hall–Kier alpha value is -0.220. The third kappa shape index (κ3) is 4.89. The fourth-order valence-corrected chi connectivity index (χ4v) is 2.85. The standard InChI is InChI=1S/C11H20O3S/c1-9(3-6-14-2)15-8-11(4-5-11)7-10(12)13/h9H,3-8H2,1-2H3,(H,12,13). The van der Waals surface area contributed by atoms with Gasteiger partial charge >= 0.3 is 5.97 Å². The van der Waals surface area contributed by atoms with Crippen molar-refractivity contribution in [3.63, 3.8) is 0 Å². The summed E-state index contributed by atoms with van der Waals surface area (Å²) in [5.41, 5.74) is 0.123. The van der Waals surface area contributed by atoms with E-state index in [0.29, 0.717) is 11.7 Å². The van der Waals surface area contributed by atoms with Gasteiger partial charge in [0, 0.05) is 19.0 Å². The molecular formula is C11H20O3S. The molecule has 88 valence electrons. The molecule has 0 amide bonds. The zero-order chi connectivity index (χ0) is 11.3. The van der Waals surface area contributed by atoms with E-state index in [1.807, 2.05) is 11.8 Å². The quantitative estimate of drug-likeness (QED) is 0.698. The van der Waals surface area contributed by atoms with E-state index in [2.05, 4.69) is 6.92 Å². The summed E-state index contributed by atoms with van der Waals surface area (Å²) in [6, 6.07) is 0. The van der Waals surface area contributed by atoms with E-state index in [-0.39, 0.29) is 5.41 Å². The van der Waals surface area contributed by atoms with Crippen molar-refractivity contribution >= 4 is 17.7 Å². The van der Waals surface area contributed by atoms with Crippen LogP contribution >= 0.6 is 11.8 Å². The highest BCUT2D eigenvalue weighted by Crippen LogP contribution is 2.51. The Balaban J connectivity index is 2.16. The lowest BCUT2D eigenvalue weighted by Gasteiger charge is -2.16. The van der Waals surface area contributed by atoms with Crippen molar-refractivity contribution in [2.45, 2.75) is 37.9 Å². The van der Waals surface area contributed by atoms with E-state index in [4.69, 9.17) is 9.84 Å². The molecule has 1 N–H and O–H groups in total. The minimum atomic E-state index is -0.655. The molecule has 1 unspecified atom stereocenters. The number of hydrogen-bond acceptors (Lipinski definition) is 3. The van der Waals surface area contributed by atoms with Gasteiger partial charge in [0.1, 0.15) is 0 Å². The molecule has 1 fully saturated rings. The van der Waals surface area contributed by atoms with Crippen LogP contribution in [0, 0.1) is 5.41 Å². The predicted octanol–water partition coefficient (Wildman–Crippen LogP) is 2.40. The summed E-state index contributed by atoms with van der Waals surface area (Å²) < 4.78 is 5.02. The van der Waals surface area contributed by atoms with Crippen molar-refractivity contribution in [3.05, 3.63) is 0 Å². The van der Waals surface area contributed by atoms with Gasteiger partial charge in [-0.25, -0.2) is 0 Å². The molecule has 0 bridgehead atoms. The van der Waals surface area contributed by atoms with Gasteiger partial charge in [-0.15, -0.1) is 0 Å². The number of rotatable bonds is 8. The maximum absolute atomic E-state index is 10.6. The van der Waals surface area contributed by atoms with Gasteiger partial charge in [0.2, 0.25) is 0 Å². The molecule has 0 heterocycles. The van der Waals surface area contributed by atoms with Crippen molar-refractivity contribution in [1.29, 1.82) is 0 Å². The van der Waals surface area contributed by atoms with Gasteiger partial charge in [-0.2, -0.15) is 11.8 Å². The van der Waals surface area contributed by atoms with Crippen molar-refractivity contribution in [3.8, 4) is 0 Å². The highest BCUT2D eigenvalue weighted by atomic mass is 32.2. The van der Waals surface area contributed by atoms with E-state index >= 15 is 0 Å². The first-order valence-electron chi connectivity index (χ1n) is 5.40. The number of ether oxygens (including phenoxy) is 1. The fraction of sp³-hybridized carbons (Fsp3) is 0.909. The van der Waals surface area contributed by atoms with Gasteiger partial charge in [-0.3, -0.25) is 4.79 Å². The Bertz CT molecular complexity index is 214. The van der Waals surface area contributed by atoms with Crippen LogP contribution in [0.2, 0.25) is 0 Å². The smallest absolute Gasteiger partial charge is 0.303 e. The summed E-state index contributed by atoms with van der Waals surface area (Å²) >= 11 is 1.88. The largest absolute Gasteiger partial charge is 0.481 e. The lowest BCUT2D eigenvalue weighted by atomic mass is 10.1. The molecule has 0 aromatic heterocycles. The fourth-order valence-electron chi connectivity index (χ4n) is 1.56. The molecule has 1 rings (SSSR count). The highest BCUT2D eigenvalue weighted by molar-refractivity contribution is 7.99. The number of methoxy groups -OCH3 is 1. The molecule has 1 aliphatic rings. The molecule has 0 radical (unpaired) electrons. The Morgan fingerprint density at radius 1 is 1.60 bits per heavy atom. The molecule has 1 saturated carbocycles. The molecule has 0 saturated heterocycles. The van der Waals surface area contributed by atoms with Crippen LogP contribution in [-0.4, -0.2) is 35.8 Å². The monoisotopic (exact) mass is 232 g/mol. The van der Waals surface area contributed by atoms with E-state index in [0.717, 1.165) is 31.6 Å². The van der Waals surface area contributed by atoms with Gasteiger partial charge in [0.05, 0.1) is 6.42 Å². The Labute approximate surface area is 95.6 Å². The van der Waals surface area contributed by atoms with E-state index in [9.17, 15) is 4.79 Å². The summed E-state index contributed by atoms with van der Waals surface area (Å²) in [4.78, 5) is 10.6. The van der Waals surface area contributed by atoms with Gasteiger partial charge in [0.15, 0.2) is 0 Å². The minimum absolute atomic E-state index is 0.123. The molecule has 3 nitrogen and oxygen atoms in total. The molecule has 1 aliphatic carbocycles. The van der Waals surface area contributed by atoms with Gasteiger partial charge in [0.25, 0.3) is 0 Å². The highest BCUT2D eigenvalue weighted by Gasteiger charge is 2.44. The number of carbonyl (C=O) groups is 1. The first-order valence-corrected chi connectivity index (χ1v) is 6.45. The van der Waals surface area contributed by atoms with E-state index in [1.54, 1.807) is 7.11 Å². The number of carboxylic acid groups (broad SMARTS) is 1. The summed E-state index contributed by atoms with van der Waals surface area (Å²) in [5, 5.41) is 9.33. The molecular weight excluding hydrogens is 212 g/mol. The van der Waals surface area contributed by atoms with Crippen LogP contribution in [0.4, 0.5) is 0 Å². The maximum atomic E-state index is 10.6. The van der Waals surface area contributed by atoms with Gasteiger partial charge in [-0.1, -0.05) is 6.92 Å². The molecule has 1 atom stereocenters. The van der Waals surface area contributed by atoms with E-state index in [1.165, 1.54) is 0 Å². The normalized spacial score (nSPS) is 19.9. The van der Waals surface area contributed by atoms with Gasteiger partial charge < -0.3 is 9.84 Å². The zero-order valence-corrected chi connectivity index (χ0v) is 10.3. The van der Waals surface area contributed by atoms with Crippen LogP contribution in [0.5, 0.6) is 0 Å². The van der Waals surface area contributed by atoms with Crippen molar-refractivity contribution < 1.29 is 14.6 Å². The average Bonchev–Trinajstić information content (AvgIpc) is 2.91. The minimum Gasteiger partial charge on any atom is -0.481 e. The molecule has 0 aliphatic heterocycles. The Morgan fingerprint density at radius 3 is 2.73 bits per heavy atom. The average molecular weight is 232 g/mol. The lowest BCUT2D eigenvalue weighted by Crippen LogP contribution is -2.13. The van der Waals surface area contributed by atoms with Crippen LogP contribution in [0.25, 0.3) is 0 Å². The van der Waals surface area contributed by atoms with E-state index < -0.39 is 5.97 Å². The SMILES string of the molecule is COCCC(C)SCC1(CC(=O)O)CC1. The van der Waals surface area contributed by atoms with Crippen LogP contribution in [0.15, 0.2) is 0 Å². The predicted molar refractivity (Wildman–Crippen MR) is 62.3 cm³/mol. The second-order valence-electron chi connectivity index (χ2n) is 4.47. The number of thioether (sulfide) groups is 1. The topological polar surface area (TPSA) is 46.5 Å². The van der Waals surface area contributed by atoms with Crippen LogP contribution in [-0.2, 0) is 9.53 Å². The third-order valence-electron chi connectivity index (χ3n) is 2.89. The van der Waals surface area contributed by atoms with Crippen LogP contribution in [0.3, 0.4) is 0 Å². The van der Waals surface area contributed by atoms with Crippen molar-refractivity contribution in [2.24, 2.45) is 5.41 Å². The van der Waals surface area contributed by atoms with Crippen molar-refractivity contribution in [2.75, 3.05) is 19.5 Å². The van der Waals surface area contributed by atoms with Crippen LogP contribution < -0.4 is 0 Å².